The van der Waals surface area contributed by atoms with Gasteiger partial charge in [0.05, 0.1) is 28.4 Å². The SMILES string of the molecule is CC1=C(N2CCC3(CCN(C(C)C(O)c4ccc5c(c4C)COC5=O)CC3)C2=O)COC1=O. The van der Waals surface area contributed by atoms with Crippen molar-refractivity contribution in [1.29, 1.82) is 0 Å². The number of carbonyl (C=O) groups excluding carboxylic acids is 3. The Kier molecular flexibility index (Phi) is 5.33. The molecule has 2 fully saturated rings. The molecule has 0 radical (unpaired) electrons. The topological polar surface area (TPSA) is 96.4 Å². The molecule has 2 saturated heterocycles. The monoisotopic (exact) mass is 454 g/mol. The second kappa shape index (κ2) is 7.95. The summed E-state index contributed by atoms with van der Waals surface area (Å²) in [6.45, 7) is 8.15. The highest BCUT2D eigenvalue weighted by Crippen LogP contribution is 2.44. The Morgan fingerprint density at radius 1 is 0.970 bits per heavy atom. The predicted molar refractivity (Wildman–Crippen MR) is 118 cm³/mol. The first-order valence-corrected chi connectivity index (χ1v) is 11.6. The van der Waals surface area contributed by atoms with Crippen molar-refractivity contribution in [2.75, 3.05) is 26.2 Å². The standard InChI is InChI=1S/C25H30N2O6/c1-14-17(4-5-18-19(14)12-32-23(18)30)21(28)16(3)26-9-6-25(7-10-26)8-11-27(24(25)31)20-13-33-22(29)15(20)2/h4-5,16,21,28H,6-13H2,1-3H3. The molecule has 0 aliphatic carbocycles. The van der Waals surface area contributed by atoms with Crippen LogP contribution in [-0.2, 0) is 25.7 Å². The van der Waals surface area contributed by atoms with E-state index in [0.717, 1.165) is 49.0 Å². The van der Waals surface area contributed by atoms with Gasteiger partial charge in [0.25, 0.3) is 0 Å². The Bertz CT molecular complexity index is 1070. The largest absolute Gasteiger partial charge is 0.457 e. The second-order valence-corrected chi connectivity index (χ2v) is 9.74. The van der Waals surface area contributed by atoms with Gasteiger partial charge < -0.3 is 19.5 Å². The van der Waals surface area contributed by atoms with E-state index in [4.69, 9.17) is 9.47 Å². The Balaban J connectivity index is 1.27. The summed E-state index contributed by atoms with van der Waals surface area (Å²) in [4.78, 5) is 40.9. The van der Waals surface area contributed by atoms with Gasteiger partial charge in [0.1, 0.15) is 13.2 Å². The normalized spacial score (nSPS) is 24.4. The number of hydrogen-bond donors (Lipinski definition) is 1. The average molecular weight is 455 g/mol. The zero-order valence-electron chi connectivity index (χ0n) is 19.3. The van der Waals surface area contributed by atoms with Gasteiger partial charge in [-0.25, -0.2) is 9.59 Å². The summed E-state index contributed by atoms with van der Waals surface area (Å²) in [5, 5.41) is 11.2. The third-order valence-electron chi connectivity index (χ3n) is 8.23. The zero-order valence-corrected chi connectivity index (χ0v) is 19.3. The third-order valence-corrected chi connectivity index (χ3v) is 8.23. The maximum absolute atomic E-state index is 13.4. The first kappa shape index (κ1) is 22.1. The van der Waals surface area contributed by atoms with Crippen LogP contribution in [0.2, 0.25) is 0 Å². The highest BCUT2D eigenvalue weighted by molar-refractivity contribution is 5.94. The lowest BCUT2D eigenvalue weighted by molar-refractivity contribution is -0.139. The molecule has 4 aliphatic rings. The van der Waals surface area contributed by atoms with Crippen LogP contribution in [0.25, 0.3) is 0 Å². The van der Waals surface area contributed by atoms with Crippen LogP contribution in [0.1, 0.15) is 66.3 Å². The minimum atomic E-state index is -0.703. The van der Waals surface area contributed by atoms with E-state index in [0.29, 0.717) is 23.4 Å². The van der Waals surface area contributed by atoms with Crippen LogP contribution >= 0.6 is 0 Å². The molecule has 4 aliphatic heterocycles. The minimum Gasteiger partial charge on any atom is -0.457 e. The van der Waals surface area contributed by atoms with Crippen LogP contribution < -0.4 is 0 Å². The summed E-state index contributed by atoms with van der Waals surface area (Å²) in [5.41, 5.74) is 4.01. The van der Waals surface area contributed by atoms with Crippen molar-refractivity contribution < 1.29 is 29.0 Å². The second-order valence-electron chi connectivity index (χ2n) is 9.74. The van der Waals surface area contributed by atoms with Gasteiger partial charge in [-0.05, 0) is 70.3 Å². The number of nitrogens with zero attached hydrogens (tertiary/aromatic N) is 2. The molecular weight excluding hydrogens is 424 g/mol. The lowest BCUT2D eigenvalue weighted by atomic mass is 9.76. The number of ether oxygens (including phenoxy) is 2. The van der Waals surface area contributed by atoms with Crippen LogP contribution in [0.3, 0.4) is 0 Å². The van der Waals surface area contributed by atoms with Gasteiger partial charge >= 0.3 is 11.9 Å². The third kappa shape index (κ3) is 3.38. The number of rotatable bonds is 4. The van der Waals surface area contributed by atoms with E-state index in [9.17, 15) is 19.5 Å². The molecule has 176 valence electrons. The molecule has 1 N–H and O–H groups in total. The lowest BCUT2D eigenvalue weighted by Gasteiger charge is -2.42. The summed E-state index contributed by atoms with van der Waals surface area (Å²) in [5.74, 6) is -0.547. The molecule has 1 aromatic carbocycles. The molecule has 8 heteroatoms. The van der Waals surface area contributed by atoms with Crippen molar-refractivity contribution in [3.63, 3.8) is 0 Å². The molecule has 2 unspecified atom stereocenters. The Morgan fingerprint density at radius 3 is 2.30 bits per heavy atom. The van der Waals surface area contributed by atoms with E-state index in [1.165, 1.54) is 0 Å². The fraction of sp³-hybridized carbons (Fsp3) is 0.560. The number of aliphatic hydroxyl groups is 1. The van der Waals surface area contributed by atoms with Crippen molar-refractivity contribution in [3.05, 3.63) is 45.7 Å². The van der Waals surface area contributed by atoms with E-state index in [2.05, 4.69) is 4.90 Å². The molecule has 0 bridgehead atoms. The summed E-state index contributed by atoms with van der Waals surface area (Å²) >= 11 is 0. The number of fused-ring (bicyclic) bond motifs is 1. The molecule has 0 saturated carbocycles. The average Bonchev–Trinajstić information content (AvgIpc) is 3.45. The minimum absolute atomic E-state index is 0.0992. The van der Waals surface area contributed by atoms with Crippen molar-refractivity contribution >= 4 is 17.8 Å². The number of carbonyl (C=O) groups is 3. The smallest absolute Gasteiger partial charge is 0.338 e. The molecule has 1 aromatic rings. The van der Waals surface area contributed by atoms with Gasteiger partial charge in [-0.3, -0.25) is 9.69 Å². The molecule has 0 aromatic heterocycles. The van der Waals surface area contributed by atoms with Crippen LogP contribution in [0.5, 0.6) is 0 Å². The van der Waals surface area contributed by atoms with Gasteiger partial charge in [-0.1, -0.05) is 6.07 Å². The van der Waals surface area contributed by atoms with Crippen LogP contribution in [-0.4, -0.2) is 65.0 Å². The van der Waals surface area contributed by atoms with E-state index in [1.54, 1.807) is 17.9 Å². The molecule has 5 rings (SSSR count). The van der Waals surface area contributed by atoms with Crippen molar-refractivity contribution in [1.82, 2.24) is 9.80 Å². The quantitative estimate of drug-likeness (QED) is 0.697. The summed E-state index contributed by atoms with van der Waals surface area (Å²) in [6.07, 6.45) is 1.53. The molecule has 4 heterocycles. The maximum atomic E-state index is 13.4. The number of benzene rings is 1. The predicted octanol–water partition coefficient (Wildman–Crippen LogP) is 2.23. The zero-order chi connectivity index (χ0) is 23.5. The maximum Gasteiger partial charge on any atom is 0.338 e. The van der Waals surface area contributed by atoms with Gasteiger partial charge in [0.2, 0.25) is 5.91 Å². The number of esters is 2. The van der Waals surface area contributed by atoms with Gasteiger partial charge in [-0.15, -0.1) is 0 Å². The van der Waals surface area contributed by atoms with Crippen LogP contribution in [0.4, 0.5) is 0 Å². The number of aliphatic hydroxyl groups excluding tert-OH is 1. The Labute approximate surface area is 193 Å². The fourth-order valence-electron chi connectivity index (χ4n) is 5.80. The Morgan fingerprint density at radius 2 is 1.64 bits per heavy atom. The summed E-state index contributed by atoms with van der Waals surface area (Å²) in [7, 11) is 0. The van der Waals surface area contributed by atoms with E-state index < -0.39 is 11.5 Å². The first-order chi connectivity index (χ1) is 15.7. The number of hydrogen-bond acceptors (Lipinski definition) is 7. The number of amides is 1. The van der Waals surface area contributed by atoms with E-state index >= 15 is 0 Å². The summed E-state index contributed by atoms with van der Waals surface area (Å²) in [6, 6.07) is 3.44. The van der Waals surface area contributed by atoms with Crippen molar-refractivity contribution in [2.45, 2.75) is 58.8 Å². The van der Waals surface area contributed by atoms with Gasteiger partial charge in [0.15, 0.2) is 0 Å². The summed E-state index contributed by atoms with van der Waals surface area (Å²) < 4.78 is 10.2. The van der Waals surface area contributed by atoms with Gasteiger partial charge in [-0.2, -0.15) is 0 Å². The van der Waals surface area contributed by atoms with Crippen LogP contribution in [0.15, 0.2) is 23.4 Å². The highest BCUT2D eigenvalue weighted by atomic mass is 16.5. The van der Waals surface area contributed by atoms with E-state index in [-0.39, 0.29) is 37.1 Å². The van der Waals surface area contributed by atoms with Crippen molar-refractivity contribution in [2.24, 2.45) is 5.41 Å². The Hall–Kier alpha value is -2.71. The number of piperidine rings is 1. The van der Waals surface area contributed by atoms with Gasteiger partial charge in [0, 0.05) is 18.2 Å². The lowest BCUT2D eigenvalue weighted by Crippen LogP contribution is -2.48. The fourth-order valence-corrected chi connectivity index (χ4v) is 5.80. The van der Waals surface area contributed by atoms with Crippen molar-refractivity contribution in [3.8, 4) is 0 Å². The highest BCUT2D eigenvalue weighted by Gasteiger charge is 2.50. The molecule has 1 amide bonds. The molecule has 1 spiro atoms. The molecular formula is C25H30N2O6. The van der Waals surface area contributed by atoms with Crippen LogP contribution in [0, 0.1) is 12.3 Å². The molecule has 33 heavy (non-hydrogen) atoms. The molecule has 8 nitrogen and oxygen atoms in total. The van der Waals surface area contributed by atoms with E-state index in [1.807, 2.05) is 19.9 Å². The number of likely N-dealkylation sites (tertiary alicyclic amines) is 2. The number of cyclic esters (lactones) is 2. The molecule has 2 atom stereocenters. The first-order valence-electron chi connectivity index (χ1n) is 11.6.